The molecule has 0 aromatic heterocycles. The molecular weight excluding hydrogens is 364 g/mol. The molecule has 0 bridgehead atoms. The lowest BCUT2D eigenvalue weighted by atomic mass is 9.98. The van der Waals surface area contributed by atoms with Gasteiger partial charge in [-0.3, -0.25) is 4.79 Å². The Hall–Kier alpha value is -3.61. The number of carbonyl (C=O) groups excluding carboxylic acids is 1. The molecule has 0 saturated carbocycles. The summed E-state index contributed by atoms with van der Waals surface area (Å²) in [6, 6.07) is 10.4. The molecule has 0 fully saturated rings. The van der Waals surface area contributed by atoms with Crippen molar-refractivity contribution in [3.63, 3.8) is 0 Å². The Morgan fingerprint density at radius 2 is 1.64 bits per heavy atom. The SMILES string of the molecule is COc1cc2cc(-c3cc4c(cc3OC)OCO4)cc(OC(C)=O)c2cc1O. The second kappa shape index (κ2) is 6.84. The summed E-state index contributed by atoms with van der Waals surface area (Å²) in [6.45, 7) is 1.47. The maximum absolute atomic E-state index is 11.6. The van der Waals surface area contributed by atoms with Gasteiger partial charge in [-0.05, 0) is 41.3 Å². The number of methoxy groups -OCH3 is 2. The molecule has 1 heterocycles. The van der Waals surface area contributed by atoms with Crippen molar-refractivity contribution in [2.75, 3.05) is 21.0 Å². The van der Waals surface area contributed by atoms with E-state index in [0.717, 1.165) is 16.5 Å². The number of carbonyl (C=O) groups is 1. The minimum absolute atomic E-state index is 0.0446. The minimum Gasteiger partial charge on any atom is -0.504 e. The van der Waals surface area contributed by atoms with Crippen molar-refractivity contribution < 1.29 is 33.6 Å². The van der Waals surface area contributed by atoms with Gasteiger partial charge in [-0.25, -0.2) is 0 Å². The van der Waals surface area contributed by atoms with Crippen LogP contribution in [0.25, 0.3) is 21.9 Å². The second-order valence-electron chi connectivity index (χ2n) is 6.22. The van der Waals surface area contributed by atoms with Crippen LogP contribution in [0, 0.1) is 0 Å². The van der Waals surface area contributed by atoms with Gasteiger partial charge in [0.1, 0.15) is 11.5 Å². The number of rotatable bonds is 4. The van der Waals surface area contributed by atoms with Crippen LogP contribution in [0.1, 0.15) is 6.92 Å². The molecular formula is C21H18O7. The van der Waals surface area contributed by atoms with Crippen LogP contribution in [0.15, 0.2) is 36.4 Å². The van der Waals surface area contributed by atoms with Crippen molar-refractivity contribution in [1.82, 2.24) is 0 Å². The minimum atomic E-state index is -0.466. The van der Waals surface area contributed by atoms with Gasteiger partial charge in [0.2, 0.25) is 6.79 Å². The maximum atomic E-state index is 11.6. The number of hydrogen-bond acceptors (Lipinski definition) is 7. The fourth-order valence-electron chi connectivity index (χ4n) is 3.22. The molecule has 3 aromatic carbocycles. The average Bonchev–Trinajstić information content (AvgIpc) is 3.13. The maximum Gasteiger partial charge on any atom is 0.308 e. The molecule has 7 heteroatoms. The molecule has 1 aliphatic heterocycles. The van der Waals surface area contributed by atoms with Crippen LogP contribution in [0.3, 0.4) is 0 Å². The molecule has 144 valence electrons. The molecule has 4 rings (SSSR count). The van der Waals surface area contributed by atoms with Gasteiger partial charge in [0, 0.05) is 23.9 Å². The Bertz CT molecular complexity index is 1090. The number of phenols is 1. The first-order chi connectivity index (χ1) is 13.5. The first-order valence-corrected chi connectivity index (χ1v) is 8.51. The number of esters is 1. The fraction of sp³-hybridized carbons (Fsp3) is 0.190. The summed E-state index contributed by atoms with van der Waals surface area (Å²) < 4.78 is 27.0. The summed E-state index contributed by atoms with van der Waals surface area (Å²) >= 11 is 0. The van der Waals surface area contributed by atoms with Gasteiger partial charge < -0.3 is 28.8 Å². The van der Waals surface area contributed by atoms with Gasteiger partial charge in [0.25, 0.3) is 0 Å². The van der Waals surface area contributed by atoms with E-state index in [9.17, 15) is 9.90 Å². The van der Waals surface area contributed by atoms with Gasteiger partial charge in [-0.1, -0.05) is 0 Å². The van der Waals surface area contributed by atoms with Crippen LogP contribution in [0.4, 0.5) is 0 Å². The Balaban J connectivity index is 1.97. The van der Waals surface area contributed by atoms with E-state index >= 15 is 0 Å². The van der Waals surface area contributed by atoms with Gasteiger partial charge in [0.05, 0.1) is 14.2 Å². The molecule has 28 heavy (non-hydrogen) atoms. The Kier molecular flexibility index (Phi) is 4.35. The number of ether oxygens (including phenoxy) is 5. The zero-order valence-electron chi connectivity index (χ0n) is 15.6. The number of hydrogen-bond donors (Lipinski definition) is 1. The molecule has 0 spiro atoms. The van der Waals surface area contributed by atoms with Crippen molar-refractivity contribution in [1.29, 1.82) is 0 Å². The lowest BCUT2D eigenvalue weighted by Crippen LogP contribution is -2.02. The lowest BCUT2D eigenvalue weighted by Gasteiger charge is -2.14. The summed E-state index contributed by atoms with van der Waals surface area (Å²) in [5.74, 6) is 1.92. The summed E-state index contributed by atoms with van der Waals surface area (Å²) in [5.41, 5.74) is 1.49. The van der Waals surface area contributed by atoms with E-state index in [-0.39, 0.29) is 12.5 Å². The van der Waals surface area contributed by atoms with Crippen LogP contribution in [0.5, 0.6) is 34.5 Å². The molecule has 0 saturated heterocycles. The zero-order chi connectivity index (χ0) is 19.8. The van der Waals surface area contributed by atoms with Crippen molar-refractivity contribution in [3.05, 3.63) is 36.4 Å². The van der Waals surface area contributed by atoms with Crippen LogP contribution >= 0.6 is 0 Å². The molecule has 7 nitrogen and oxygen atoms in total. The Labute approximate surface area is 161 Å². The second-order valence-corrected chi connectivity index (χ2v) is 6.22. The molecule has 0 unspecified atom stereocenters. The largest absolute Gasteiger partial charge is 0.504 e. The normalized spacial score (nSPS) is 12.1. The number of fused-ring (bicyclic) bond motifs is 2. The topological polar surface area (TPSA) is 83.5 Å². The van der Waals surface area contributed by atoms with Crippen LogP contribution in [0.2, 0.25) is 0 Å². The molecule has 1 N–H and O–H groups in total. The third kappa shape index (κ3) is 3.00. The molecule has 0 atom stereocenters. The predicted molar refractivity (Wildman–Crippen MR) is 102 cm³/mol. The standard InChI is InChI=1S/C21H18O7/c1-11(22)28-18-5-12(4-13-6-19(25-3)16(23)7-14(13)18)15-8-20-21(27-10-26-20)9-17(15)24-2/h4-9,23H,10H2,1-3H3. The van der Waals surface area contributed by atoms with Crippen LogP contribution in [-0.2, 0) is 4.79 Å². The van der Waals surface area contributed by atoms with E-state index in [2.05, 4.69) is 0 Å². The third-order valence-electron chi connectivity index (χ3n) is 4.47. The molecule has 0 amide bonds. The average molecular weight is 382 g/mol. The summed E-state index contributed by atoms with van der Waals surface area (Å²) in [7, 11) is 3.04. The highest BCUT2D eigenvalue weighted by molar-refractivity contribution is 5.97. The molecule has 3 aromatic rings. The number of aromatic hydroxyl groups is 1. The smallest absolute Gasteiger partial charge is 0.308 e. The Morgan fingerprint density at radius 3 is 2.32 bits per heavy atom. The van der Waals surface area contributed by atoms with E-state index in [1.165, 1.54) is 20.1 Å². The number of benzene rings is 3. The van der Waals surface area contributed by atoms with E-state index in [0.29, 0.717) is 34.1 Å². The highest BCUT2D eigenvalue weighted by Crippen LogP contribution is 2.45. The summed E-state index contributed by atoms with van der Waals surface area (Å²) in [4.78, 5) is 11.6. The monoisotopic (exact) mass is 382 g/mol. The highest BCUT2D eigenvalue weighted by atomic mass is 16.7. The van der Waals surface area contributed by atoms with Crippen molar-refractivity contribution >= 4 is 16.7 Å². The fourth-order valence-corrected chi connectivity index (χ4v) is 3.22. The Morgan fingerprint density at radius 1 is 0.929 bits per heavy atom. The number of phenolic OH excluding ortho intramolecular Hbond substituents is 1. The first kappa shape index (κ1) is 17.8. The first-order valence-electron chi connectivity index (χ1n) is 8.51. The third-order valence-corrected chi connectivity index (χ3v) is 4.47. The van der Waals surface area contributed by atoms with E-state index in [4.69, 9.17) is 23.7 Å². The van der Waals surface area contributed by atoms with Gasteiger partial charge in [0.15, 0.2) is 23.0 Å². The van der Waals surface area contributed by atoms with E-state index in [1.54, 1.807) is 25.3 Å². The van der Waals surface area contributed by atoms with Gasteiger partial charge in [-0.2, -0.15) is 0 Å². The van der Waals surface area contributed by atoms with Crippen molar-refractivity contribution in [2.24, 2.45) is 0 Å². The van der Waals surface area contributed by atoms with Crippen molar-refractivity contribution in [3.8, 4) is 45.6 Å². The van der Waals surface area contributed by atoms with Crippen molar-refractivity contribution in [2.45, 2.75) is 6.92 Å². The lowest BCUT2D eigenvalue weighted by molar-refractivity contribution is -0.131. The van der Waals surface area contributed by atoms with Crippen LogP contribution in [-0.4, -0.2) is 32.1 Å². The van der Waals surface area contributed by atoms with E-state index in [1.807, 2.05) is 12.1 Å². The quantitative estimate of drug-likeness (QED) is 0.541. The summed E-state index contributed by atoms with van der Waals surface area (Å²) in [6.07, 6.45) is 0. The van der Waals surface area contributed by atoms with E-state index < -0.39 is 5.97 Å². The molecule has 1 aliphatic rings. The zero-order valence-corrected chi connectivity index (χ0v) is 15.6. The molecule has 0 radical (unpaired) electrons. The highest BCUT2D eigenvalue weighted by Gasteiger charge is 2.20. The van der Waals surface area contributed by atoms with Gasteiger partial charge in [-0.15, -0.1) is 0 Å². The molecule has 0 aliphatic carbocycles. The predicted octanol–water partition coefficient (Wildman–Crippen LogP) is 3.88. The van der Waals surface area contributed by atoms with Gasteiger partial charge >= 0.3 is 5.97 Å². The van der Waals surface area contributed by atoms with Crippen LogP contribution < -0.4 is 23.7 Å². The summed E-state index contributed by atoms with van der Waals surface area (Å²) in [5, 5.41) is 11.4.